The van der Waals surface area contributed by atoms with E-state index < -0.39 is 0 Å². The SMILES string of the molecule is O=C(CCCCC(=O)NN=C(c1ccccc1)c1ccccc1)NN=C(c1ccccc1)c1ccccc1. The first kappa shape index (κ1) is 26.2. The van der Waals surface area contributed by atoms with E-state index in [2.05, 4.69) is 21.1 Å². The van der Waals surface area contributed by atoms with Gasteiger partial charge in [0.15, 0.2) is 0 Å². The van der Waals surface area contributed by atoms with Crippen LogP contribution in [0.4, 0.5) is 0 Å². The molecule has 0 aliphatic rings. The molecule has 4 aromatic carbocycles. The highest BCUT2D eigenvalue weighted by Gasteiger charge is 2.10. The Morgan fingerprint density at radius 3 is 0.974 bits per heavy atom. The van der Waals surface area contributed by atoms with Crippen LogP contribution in [0, 0.1) is 0 Å². The van der Waals surface area contributed by atoms with Crippen LogP contribution in [0.3, 0.4) is 0 Å². The van der Waals surface area contributed by atoms with E-state index in [1.807, 2.05) is 121 Å². The summed E-state index contributed by atoms with van der Waals surface area (Å²) in [6.07, 6.45) is 1.68. The van der Waals surface area contributed by atoms with Crippen LogP contribution in [0.5, 0.6) is 0 Å². The van der Waals surface area contributed by atoms with E-state index in [0.29, 0.717) is 24.3 Å². The van der Waals surface area contributed by atoms with Crippen LogP contribution in [0.15, 0.2) is 132 Å². The molecule has 0 saturated heterocycles. The molecule has 6 nitrogen and oxygen atoms in total. The van der Waals surface area contributed by atoms with Crippen molar-refractivity contribution in [1.29, 1.82) is 0 Å². The Kier molecular flexibility index (Phi) is 9.69. The Labute approximate surface area is 223 Å². The molecule has 0 bridgehead atoms. The van der Waals surface area contributed by atoms with Gasteiger partial charge in [0.1, 0.15) is 0 Å². The van der Waals surface area contributed by atoms with Crippen LogP contribution < -0.4 is 10.9 Å². The number of nitrogens with one attached hydrogen (secondary N) is 2. The maximum absolute atomic E-state index is 12.4. The number of unbranched alkanes of at least 4 members (excludes halogenated alkanes) is 1. The van der Waals surface area contributed by atoms with Gasteiger partial charge in [0, 0.05) is 35.1 Å². The molecule has 0 saturated carbocycles. The molecule has 4 rings (SSSR count). The molecule has 4 aromatic rings. The number of hydrogen-bond acceptors (Lipinski definition) is 4. The van der Waals surface area contributed by atoms with E-state index >= 15 is 0 Å². The number of hydrogen-bond donors (Lipinski definition) is 2. The maximum atomic E-state index is 12.4. The van der Waals surface area contributed by atoms with Crippen molar-refractivity contribution in [2.75, 3.05) is 0 Å². The van der Waals surface area contributed by atoms with E-state index in [4.69, 9.17) is 0 Å². The molecule has 38 heavy (non-hydrogen) atoms. The van der Waals surface area contributed by atoms with Crippen molar-refractivity contribution in [3.8, 4) is 0 Å². The lowest BCUT2D eigenvalue weighted by Crippen LogP contribution is -2.21. The normalized spacial score (nSPS) is 10.2. The third-order valence-corrected chi connectivity index (χ3v) is 5.83. The zero-order valence-electron chi connectivity index (χ0n) is 21.1. The molecule has 190 valence electrons. The largest absolute Gasteiger partial charge is 0.273 e. The minimum absolute atomic E-state index is 0.191. The second kappa shape index (κ2) is 14.0. The molecular formula is C32H30N4O2. The average Bonchev–Trinajstić information content (AvgIpc) is 2.98. The Bertz CT molecular complexity index is 1180. The van der Waals surface area contributed by atoms with E-state index in [1.165, 1.54) is 0 Å². The number of hydrazone groups is 2. The van der Waals surface area contributed by atoms with Crippen LogP contribution in [0.1, 0.15) is 47.9 Å². The highest BCUT2D eigenvalue weighted by atomic mass is 16.2. The van der Waals surface area contributed by atoms with Gasteiger partial charge in [-0.25, -0.2) is 10.9 Å². The van der Waals surface area contributed by atoms with Crippen molar-refractivity contribution >= 4 is 23.2 Å². The molecule has 2 N–H and O–H groups in total. The molecule has 0 spiro atoms. The molecular weight excluding hydrogens is 472 g/mol. The first-order valence-corrected chi connectivity index (χ1v) is 12.7. The number of benzene rings is 4. The summed E-state index contributed by atoms with van der Waals surface area (Å²) < 4.78 is 0. The quantitative estimate of drug-likeness (QED) is 0.157. The van der Waals surface area contributed by atoms with E-state index in [9.17, 15) is 9.59 Å². The van der Waals surface area contributed by atoms with E-state index in [-0.39, 0.29) is 24.7 Å². The van der Waals surface area contributed by atoms with Gasteiger partial charge in [0.05, 0.1) is 11.4 Å². The average molecular weight is 503 g/mol. The lowest BCUT2D eigenvalue weighted by molar-refractivity contribution is -0.123. The molecule has 0 radical (unpaired) electrons. The molecule has 2 amide bonds. The minimum atomic E-state index is -0.191. The van der Waals surface area contributed by atoms with Gasteiger partial charge < -0.3 is 0 Å². The highest BCUT2D eigenvalue weighted by Crippen LogP contribution is 2.12. The predicted molar refractivity (Wildman–Crippen MR) is 152 cm³/mol. The first-order chi connectivity index (χ1) is 18.7. The second-order valence-electron chi connectivity index (χ2n) is 8.66. The van der Waals surface area contributed by atoms with Gasteiger partial charge in [-0.3, -0.25) is 9.59 Å². The maximum Gasteiger partial charge on any atom is 0.240 e. The molecule has 0 unspecified atom stereocenters. The zero-order valence-corrected chi connectivity index (χ0v) is 21.1. The molecule has 0 aromatic heterocycles. The van der Waals surface area contributed by atoms with Crippen molar-refractivity contribution in [1.82, 2.24) is 10.9 Å². The zero-order chi connectivity index (χ0) is 26.4. The number of rotatable bonds is 11. The summed E-state index contributed by atoms with van der Waals surface area (Å²) in [6, 6.07) is 38.9. The third-order valence-electron chi connectivity index (χ3n) is 5.83. The number of carbonyl (C=O) groups is 2. The molecule has 0 fully saturated rings. The number of nitrogens with zero attached hydrogens (tertiary/aromatic N) is 2. The Morgan fingerprint density at radius 1 is 0.447 bits per heavy atom. The predicted octanol–water partition coefficient (Wildman–Crippen LogP) is 5.68. The van der Waals surface area contributed by atoms with Gasteiger partial charge in [-0.2, -0.15) is 10.2 Å². The number of carbonyl (C=O) groups excluding carboxylic acids is 2. The molecule has 0 atom stereocenters. The molecule has 0 heterocycles. The lowest BCUT2D eigenvalue weighted by Gasteiger charge is -2.08. The third kappa shape index (κ3) is 7.83. The van der Waals surface area contributed by atoms with Crippen LogP contribution >= 0.6 is 0 Å². The fraction of sp³-hybridized carbons (Fsp3) is 0.125. The van der Waals surface area contributed by atoms with Gasteiger partial charge in [0.25, 0.3) is 0 Å². The fourth-order valence-electron chi connectivity index (χ4n) is 3.90. The lowest BCUT2D eigenvalue weighted by atomic mass is 10.0. The van der Waals surface area contributed by atoms with Gasteiger partial charge in [0.2, 0.25) is 11.8 Å². The van der Waals surface area contributed by atoms with Crippen molar-refractivity contribution in [3.63, 3.8) is 0 Å². The Hall–Kier alpha value is -4.84. The summed E-state index contributed by atoms with van der Waals surface area (Å²) in [4.78, 5) is 24.9. The number of amides is 2. The van der Waals surface area contributed by atoms with Gasteiger partial charge in [-0.05, 0) is 12.8 Å². The van der Waals surface area contributed by atoms with Crippen molar-refractivity contribution in [3.05, 3.63) is 144 Å². The van der Waals surface area contributed by atoms with Crippen LogP contribution in [0.25, 0.3) is 0 Å². The molecule has 0 aliphatic heterocycles. The van der Waals surface area contributed by atoms with Crippen LogP contribution in [-0.2, 0) is 9.59 Å². The van der Waals surface area contributed by atoms with E-state index in [0.717, 1.165) is 22.3 Å². The summed E-state index contributed by atoms with van der Waals surface area (Å²) >= 11 is 0. The summed E-state index contributed by atoms with van der Waals surface area (Å²) in [5.74, 6) is -0.383. The summed E-state index contributed by atoms with van der Waals surface area (Å²) in [5, 5.41) is 8.81. The molecule has 6 heteroatoms. The van der Waals surface area contributed by atoms with Crippen LogP contribution in [-0.4, -0.2) is 23.2 Å². The van der Waals surface area contributed by atoms with Gasteiger partial charge in [-0.15, -0.1) is 0 Å². The smallest absolute Gasteiger partial charge is 0.240 e. The fourth-order valence-corrected chi connectivity index (χ4v) is 3.90. The first-order valence-electron chi connectivity index (χ1n) is 12.7. The summed E-state index contributed by atoms with van der Waals surface area (Å²) in [7, 11) is 0. The second-order valence-corrected chi connectivity index (χ2v) is 8.66. The van der Waals surface area contributed by atoms with Crippen molar-refractivity contribution < 1.29 is 9.59 Å². The van der Waals surface area contributed by atoms with Crippen LogP contribution in [0.2, 0.25) is 0 Å². The Balaban J connectivity index is 1.28. The minimum Gasteiger partial charge on any atom is -0.273 e. The van der Waals surface area contributed by atoms with E-state index in [1.54, 1.807) is 0 Å². The van der Waals surface area contributed by atoms with Gasteiger partial charge in [-0.1, -0.05) is 121 Å². The standard InChI is InChI=1S/C32H30N4O2/c37-29(33-35-31(25-15-5-1-6-16-25)26-17-7-2-8-18-26)23-13-14-24-30(38)34-36-32(27-19-9-3-10-20-27)28-21-11-4-12-22-28/h1-12,15-22H,13-14,23-24H2,(H,33,37)(H,34,38). The monoisotopic (exact) mass is 502 g/mol. The summed E-state index contributed by atoms with van der Waals surface area (Å²) in [5.41, 5.74) is 10.4. The highest BCUT2D eigenvalue weighted by molar-refractivity contribution is 6.13. The summed E-state index contributed by atoms with van der Waals surface area (Å²) in [6.45, 7) is 0. The van der Waals surface area contributed by atoms with Crippen molar-refractivity contribution in [2.24, 2.45) is 10.2 Å². The Morgan fingerprint density at radius 2 is 0.711 bits per heavy atom. The molecule has 0 aliphatic carbocycles. The van der Waals surface area contributed by atoms with Gasteiger partial charge >= 0.3 is 0 Å². The topological polar surface area (TPSA) is 82.9 Å². The van der Waals surface area contributed by atoms with Crippen molar-refractivity contribution in [2.45, 2.75) is 25.7 Å².